The van der Waals surface area contributed by atoms with E-state index in [0.29, 0.717) is 53.6 Å². The lowest BCUT2D eigenvalue weighted by Gasteiger charge is -2.26. The van der Waals surface area contributed by atoms with E-state index in [0.717, 1.165) is 11.8 Å². The van der Waals surface area contributed by atoms with E-state index in [1.165, 1.54) is 4.57 Å². The Morgan fingerprint density at radius 3 is 2.59 bits per heavy atom. The summed E-state index contributed by atoms with van der Waals surface area (Å²) in [5, 5.41) is 0.755. The minimum atomic E-state index is -0.386. The number of rotatable bonds is 6. The predicted molar refractivity (Wildman–Crippen MR) is 121 cm³/mol. The van der Waals surface area contributed by atoms with E-state index in [9.17, 15) is 14.4 Å². The molecule has 2 aromatic carbocycles. The van der Waals surface area contributed by atoms with Crippen LogP contribution in [0.3, 0.4) is 0 Å². The Bertz CT molecular complexity index is 1190. The molecular formula is C23H23N3O5S. The number of nitrogens with zero attached hydrogens (tertiary/aromatic N) is 3. The minimum absolute atomic E-state index is 0.0189. The van der Waals surface area contributed by atoms with Crippen LogP contribution in [0.1, 0.15) is 17.3 Å². The van der Waals surface area contributed by atoms with Crippen LogP contribution in [0.15, 0.2) is 58.5 Å². The monoisotopic (exact) mass is 453 g/mol. The lowest BCUT2D eigenvalue weighted by Crippen LogP contribution is -2.40. The molecule has 0 N–H and O–H groups in total. The van der Waals surface area contributed by atoms with Crippen molar-refractivity contribution in [3.05, 3.63) is 64.4 Å². The average Bonchev–Trinajstić information content (AvgIpc) is 2.83. The molecule has 0 spiro atoms. The van der Waals surface area contributed by atoms with Gasteiger partial charge in [0.05, 0.1) is 42.2 Å². The highest BCUT2D eigenvalue weighted by Crippen LogP contribution is 2.22. The Labute approximate surface area is 189 Å². The van der Waals surface area contributed by atoms with Crippen LogP contribution in [0.25, 0.3) is 16.6 Å². The summed E-state index contributed by atoms with van der Waals surface area (Å²) in [5.74, 6) is -0.488. The summed E-state index contributed by atoms with van der Waals surface area (Å²) in [5.41, 5.74) is 1.25. The molecule has 0 aliphatic carbocycles. The van der Waals surface area contributed by atoms with Crippen molar-refractivity contribution in [3.8, 4) is 5.69 Å². The van der Waals surface area contributed by atoms with Crippen molar-refractivity contribution in [1.29, 1.82) is 0 Å². The smallest absolute Gasteiger partial charge is 0.316 e. The number of aromatic nitrogens is 2. The second kappa shape index (κ2) is 9.97. The maximum absolute atomic E-state index is 13.4. The molecule has 2 heterocycles. The van der Waals surface area contributed by atoms with Crippen LogP contribution in [0, 0.1) is 0 Å². The van der Waals surface area contributed by atoms with E-state index in [2.05, 4.69) is 4.98 Å². The number of ether oxygens (including phenoxy) is 2. The third kappa shape index (κ3) is 4.68. The fraction of sp³-hybridized carbons (Fsp3) is 0.304. The first-order chi connectivity index (χ1) is 15.6. The minimum Gasteiger partial charge on any atom is -0.465 e. The number of amides is 1. The van der Waals surface area contributed by atoms with Crippen molar-refractivity contribution in [2.24, 2.45) is 0 Å². The number of carbonyl (C=O) groups is 2. The van der Waals surface area contributed by atoms with Crippen molar-refractivity contribution in [3.63, 3.8) is 0 Å². The third-order valence-corrected chi connectivity index (χ3v) is 5.93. The number of esters is 1. The molecule has 0 radical (unpaired) electrons. The molecule has 1 fully saturated rings. The van der Waals surface area contributed by atoms with E-state index < -0.39 is 0 Å². The van der Waals surface area contributed by atoms with Crippen LogP contribution in [-0.4, -0.2) is 65.0 Å². The zero-order valence-electron chi connectivity index (χ0n) is 17.7. The highest BCUT2D eigenvalue weighted by molar-refractivity contribution is 7.99. The molecule has 166 valence electrons. The molecule has 3 aromatic rings. The zero-order chi connectivity index (χ0) is 22.5. The summed E-state index contributed by atoms with van der Waals surface area (Å²) in [6.07, 6.45) is 0. The molecule has 1 aliphatic rings. The third-order valence-electron chi connectivity index (χ3n) is 5.02. The van der Waals surface area contributed by atoms with Gasteiger partial charge in [-0.25, -0.2) is 4.98 Å². The standard InChI is InChI=1S/C23H23N3O5S/c1-2-31-20(27)15-32-23-24-19-14-16(21(28)25-10-12-30-13-11-25)8-9-18(19)22(29)26(23)17-6-4-3-5-7-17/h3-9,14H,2,10-13,15H2,1H3. The number of para-hydroxylation sites is 1. The number of benzene rings is 2. The maximum atomic E-state index is 13.4. The van der Waals surface area contributed by atoms with Gasteiger partial charge in [0.25, 0.3) is 11.5 Å². The number of carbonyl (C=O) groups excluding carboxylic acids is 2. The summed E-state index contributed by atoms with van der Waals surface area (Å²) in [6, 6.07) is 14.1. The number of thioether (sulfide) groups is 1. The van der Waals surface area contributed by atoms with Crippen LogP contribution >= 0.6 is 11.8 Å². The van der Waals surface area contributed by atoms with Gasteiger partial charge in [-0.2, -0.15) is 0 Å². The van der Waals surface area contributed by atoms with Crippen molar-refractivity contribution >= 4 is 34.5 Å². The summed E-state index contributed by atoms with van der Waals surface area (Å²) in [7, 11) is 0. The molecule has 9 heteroatoms. The van der Waals surface area contributed by atoms with Crippen molar-refractivity contribution in [2.45, 2.75) is 12.1 Å². The van der Waals surface area contributed by atoms with E-state index in [1.807, 2.05) is 18.2 Å². The Morgan fingerprint density at radius 1 is 1.12 bits per heavy atom. The molecule has 0 saturated carbocycles. The molecule has 1 saturated heterocycles. The van der Waals surface area contributed by atoms with Crippen LogP contribution in [0.4, 0.5) is 0 Å². The molecule has 1 aromatic heterocycles. The van der Waals surface area contributed by atoms with Gasteiger partial charge in [0.2, 0.25) is 0 Å². The fourth-order valence-electron chi connectivity index (χ4n) is 3.48. The first-order valence-electron chi connectivity index (χ1n) is 10.4. The first kappa shape index (κ1) is 22.0. The van der Waals surface area contributed by atoms with Gasteiger partial charge in [-0.05, 0) is 37.3 Å². The van der Waals surface area contributed by atoms with Gasteiger partial charge < -0.3 is 14.4 Å². The summed E-state index contributed by atoms with van der Waals surface area (Å²) >= 11 is 1.13. The number of morpholine rings is 1. The van der Waals surface area contributed by atoms with Gasteiger partial charge in [-0.1, -0.05) is 30.0 Å². The van der Waals surface area contributed by atoms with E-state index >= 15 is 0 Å². The molecule has 32 heavy (non-hydrogen) atoms. The zero-order valence-corrected chi connectivity index (χ0v) is 18.5. The SMILES string of the molecule is CCOC(=O)CSc1nc2cc(C(=O)N3CCOCC3)ccc2c(=O)n1-c1ccccc1. The van der Waals surface area contributed by atoms with Crippen LogP contribution < -0.4 is 5.56 Å². The van der Waals surface area contributed by atoms with E-state index in [1.54, 1.807) is 42.2 Å². The van der Waals surface area contributed by atoms with Crippen LogP contribution in [0.2, 0.25) is 0 Å². The number of fused-ring (bicyclic) bond motifs is 1. The molecule has 1 amide bonds. The first-order valence-corrected chi connectivity index (χ1v) is 11.3. The molecule has 0 unspecified atom stereocenters. The normalized spacial score (nSPS) is 13.8. The Morgan fingerprint density at radius 2 is 1.88 bits per heavy atom. The molecule has 0 bridgehead atoms. The van der Waals surface area contributed by atoms with Crippen LogP contribution in [0.5, 0.6) is 0 Å². The second-order valence-electron chi connectivity index (χ2n) is 7.10. The van der Waals surface area contributed by atoms with Crippen molar-refractivity contribution < 1.29 is 19.1 Å². The number of hydrogen-bond donors (Lipinski definition) is 0. The summed E-state index contributed by atoms with van der Waals surface area (Å²) < 4.78 is 11.8. The lowest BCUT2D eigenvalue weighted by atomic mass is 10.1. The largest absolute Gasteiger partial charge is 0.465 e. The van der Waals surface area contributed by atoms with Gasteiger partial charge in [0.1, 0.15) is 0 Å². The molecule has 0 atom stereocenters. The summed E-state index contributed by atoms with van der Waals surface area (Å²) in [4.78, 5) is 44.6. The average molecular weight is 454 g/mol. The number of hydrogen-bond acceptors (Lipinski definition) is 7. The van der Waals surface area contributed by atoms with Gasteiger partial charge in [0, 0.05) is 18.7 Å². The van der Waals surface area contributed by atoms with Crippen molar-refractivity contribution in [1.82, 2.24) is 14.5 Å². The van der Waals surface area contributed by atoms with Gasteiger partial charge >= 0.3 is 5.97 Å². The molecule has 8 nitrogen and oxygen atoms in total. The molecule has 4 rings (SSSR count). The fourth-order valence-corrected chi connectivity index (χ4v) is 4.29. The van der Waals surface area contributed by atoms with E-state index in [-0.39, 0.29) is 29.8 Å². The molecular weight excluding hydrogens is 430 g/mol. The topological polar surface area (TPSA) is 90.7 Å². The Hall–Kier alpha value is -3.17. The Kier molecular flexibility index (Phi) is 6.87. The van der Waals surface area contributed by atoms with Crippen LogP contribution in [-0.2, 0) is 14.3 Å². The lowest BCUT2D eigenvalue weighted by molar-refractivity contribution is -0.139. The van der Waals surface area contributed by atoms with Gasteiger partial charge in [-0.15, -0.1) is 0 Å². The van der Waals surface area contributed by atoms with Crippen molar-refractivity contribution in [2.75, 3.05) is 38.7 Å². The van der Waals surface area contributed by atoms with Gasteiger partial charge in [-0.3, -0.25) is 19.0 Å². The highest BCUT2D eigenvalue weighted by atomic mass is 32.2. The quantitative estimate of drug-likeness (QED) is 0.322. The predicted octanol–water partition coefficient (Wildman–Crippen LogP) is 2.51. The maximum Gasteiger partial charge on any atom is 0.316 e. The summed E-state index contributed by atoms with van der Waals surface area (Å²) in [6.45, 7) is 4.09. The van der Waals surface area contributed by atoms with Gasteiger partial charge in [0.15, 0.2) is 5.16 Å². The second-order valence-corrected chi connectivity index (χ2v) is 8.04. The van der Waals surface area contributed by atoms with E-state index in [4.69, 9.17) is 9.47 Å². The highest BCUT2D eigenvalue weighted by Gasteiger charge is 2.21. The molecule has 1 aliphatic heterocycles. The Balaban J connectivity index is 1.77.